The Kier molecular flexibility index (Phi) is 5.46. The van der Waals surface area contributed by atoms with Crippen LogP contribution in [0, 0.1) is 5.92 Å². The van der Waals surface area contributed by atoms with Crippen molar-refractivity contribution in [3.8, 4) is 11.5 Å². The Morgan fingerprint density at radius 3 is 2.32 bits per heavy atom. The van der Waals surface area contributed by atoms with Crippen LogP contribution < -0.4 is 15.1 Å². The second-order valence-corrected chi connectivity index (χ2v) is 5.75. The second kappa shape index (κ2) is 7.38. The summed E-state index contributed by atoms with van der Waals surface area (Å²) in [6.07, 6.45) is -1.28. The summed E-state index contributed by atoms with van der Waals surface area (Å²) in [5.74, 6) is -0.923. The third kappa shape index (κ3) is 3.65. The molecule has 0 radical (unpaired) electrons. The molecule has 1 atom stereocenters. The van der Waals surface area contributed by atoms with Gasteiger partial charge in [0.15, 0.2) is 23.4 Å². The van der Waals surface area contributed by atoms with Crippen molar-refractivity contribution in [3.05, 3.63) is 34.2 Å². The average Bonchev–Trinajstić information content (AvgIpc) is 2.57. The number of hydrogen-bond acceptors (Lipinski definition) is 7. The van der Waals surface area contributed by atoms with E-state index in [0.717, 1.165) is 0 Å². The topological polar surface area (TPSA) is 92.0 Å². The van der Waals surface area contributed by atoms with Gasteiger partial charge in [0.1, 0.15) is 5.58 Å². The number of methoxy groups -OCH3 is 2. The number of Topliss-reactive ketones (excluding diaryl/α,β-unsaturated/α-hetero) is 1. The van der Waals surface area contributed by atoms with Crippen molar-refractivity contribution in [2.45, 2.75) is 26.9 Å². The Morgan fingerprint density at radius 1 is 1.12 bits per heavy atom. The van der Waals surface area contributed by atoms with Crippen LogP contribution in [0.5, 0.6) is 11.5 Å². The molecular formula is C18H20O7. The number of ether oxygens (including phenoxy) is 3. The van der Waals surface area contributed by atoms with Crippen LogP contribution in [-0.4, -0.2) is 26.0 Å². The van der Waals surface area contributed by atoms with Gasteiger partial charge >= 0.3 is 11.6 Å². The molecule has 0 saturated heterocycles. The number of ketones is 1. The first-order valence-electron chi connectivity index (χ1n) is 7.69. The highest BCUT2D eigenvalue weighted by molar-refractivity contribution is 5.95. The van der Waals surface area contributed by atoms with Gasteiger partial charge in [-0.25, -0.2) is 4.79 Å². The monoisotopic (exact) mass is 348 g/mol. The van der Waals surface area contributed by atoms with E-state index in [-0.39, 0.29) is 22.7 Å². The molecule has 0 saturated carbocycles. The van der Waals surface area contributed by atoms with Crippen LogP contribution in [0.25, 0.3) is 11.0 Å². The molecule has 0 N–H and O–H groups in total. The van der Waals surface area contributed by atoms with Gasteiger partial charge in [0.2, 0.25) is 0 Å². The molecule has 7 heteroatoms. The van der Waals surface area contributed by atoms with Gasteiger partial charge < -0.3 is 18.6 Å². The minimum Gasteiger partial charge on any atom is -0.493 e. The molecule has 1 aromatic carbocycles. The fourth-order valence-corrected chi connectivity index (χ4v) is 2.52. The Labute approximate surface area is 144 Å². The fourth-order valence-electron chi connectivity index (χ4n) is 2.52. The summed E-state index contributed by atoms with van der Waals surface area (Å²) < 4.78 is 21.2. The first kappa shape index (κ1) is 18.5. The Bertz CT molecular complexity index is 864. The zero-order chi connectivity index (χ0) is 18.7. The lowest BCUT2D eigenvalue weighted by Crippen LogP contribution is -2.24. The Balaban J connectivity index is 2.90. The molecule has 0 aliphatic heterocycles. The lowest BCUT2D eigenvalue weighted by molar-refractivity contribution is -0.154. The van der Waals surface area contributed by atoms with Gasteiger partial charge in [0.25, 0.3) is 0 Å². The van der Waals surface area contributed by atoms with E-state index >= 15 is 0 Å². The number of fused-ring (bicyclic) bond motifs is 1. The van der Waals surface area contributed by atoms with Gasteiger partial charge in [-0.15, -0.1) is 0 Å². The number of benzene rings is 1. The largest absolute Gasteiger partial charge is 0.493 e. The Morgan fingerprint density at radius 2 is 1.80 bits per heavy atom. The maximum atomic E-state index is 12.7. The van der Waals surface area contributed by atoms with Crippen molar-refractivity contribution in [1.29, 1.82) is 0 Å². The summed E-state index contributed by atoms with van der Waals surface area (Å²) in [4.78, 5) is 36.0. The first-order valence-corrected chi connectivity index (χ1v) is 7.69. The zero-order valence-corrected chi connectivity index (χ0v) is 14.7. The molecule has 0 bridgehead atoms. The minimum atomic E-state index is -1.28. The fraction of sp³-hybridized carbons (Fsp3) is 0.389. The molecule has 1 aromatic heterocycles. The van der Waals surface area contributed by atoms with Gasteiger partial charge in [-0.05, 0) is 12.1 Å². The lowest BCUT2D eigenvalue weighted by atomic mass is 9.95. The summed E-state index contributed by atoms with van der Waals surface area (Å²) in [5.41, 5.74) is -0.326. The molecule has 0 spiro atoms. The number of rotatable bonds is 6. The van der Waals surface area contributed by atoms with E-state index in [1.807, 2.05) is 0 Å². The van der Waals surface area contributed by atoms with Crippen LogP contribution in [0.3, 0.4) is 0 Å². The third-order valence-electron chi connectivity index (χ3n) is 3.66. The van der Waals surface area contributed by atoms with Crippen LogP contribution in [0.4, 0.5) is 0 Å². The van der Waals surface area contributed by atoms with Crippen LogP contribution in [0.1, 0.15) is 32.4 Å². The number of carbonyl (C=O) groups is 2. The minimum absolute atomic E-state index is 0.116. The lowest BCUT2D eigenvalue weighted by Gasteiger charge is -2.22. The number of hydrogen-bond donors (Lipinski definition) is 0. The van der Waals surface area contributed by atoms with Crippen LogP contribution in [0.2, 0.25) is 0 Å². The van der Waals surface area contributed by atoms with Crippen molar-refractivity contribution in [2.75, 3.05) is 14.2 Å². The predicted octanol–water partition coefficient (Wildman–Crippen LogP) is 2.64. The Hall–Kier alpha value is -2.83. The molecule has 2 aromatic rings. The van der Waals surface area contributed by atoms with Gasteiger partial charge in [-0.3, -0.25) is 9.59 Å². The first-order chi connectivity index (χ1) is 11.8. The SMILES string of the molecule is COc1cc2ccc(=O)oc2c([C@@H](OC(C)=O)C(=O)C(C)C)c1OC. The molecule has 0 amide bonds. The van der Waals surface area contributed by atoms with E-state index in [2.05, 4.69) is 0 Å². The van der Waals surface area contributed by atoms with E-state index in [4.69, 9.17) is 18.6 Å². The molecule has 7 nitrogen and oxygen atoms in total. The van der Waals surface area contributed by atoms with Crippen LogP contribution in [-0.2, 0) is 14.3 Å². The average molecular weight is 348 g/mol. The maximum Gasteiger partial charge on any atom is 0.336 e. The van der Waals surface area contributed by atoms with Gasteiger partial charge in [-0.2, -0.15) is 0 Å². The third-order valence-corrected chi connectivity index (χ3v) is 3.66. The normalized spacial score (nSPS) is 12.1. The molecular weight excluding hydrogens is 328 g/mol. The smallest absolute Gasteiger partial charge is 0.336 e. The molecule has 0 unspecified atom stereocenters. The number of esters is 1. The predicted molar refractivity (Wildman–Crippen MR) is 89.9 cm³/mol. The maximum absolute atomic E-state index is 12.7. The number of carbonyl (C=O) groups excluding carboxylic acids is 2. The molecule has 1 heterocycles. The molecule has 134 valence electrons. The van der Waals surface area contributed by atoms with Crippen molar-refractivity contribution >= 4 is 22.7 Å². The van der Waals surface area contributed by atoms with Crippen LogP contribution >= 0.6 is 0 Å². The van der Waals surface area contributed by atoms with Crippen LogP contribution in [0.15, 0.2) is 27.4 Å². The van der Waals surface area contributed by atoms with E-state index in [0.29, 0.717) is 11.1 Å². The van der Waals surface area contributed by atoms with Crippen molar-refractivity contribution < 1.29 is 28.2 Å². The zero-order valence-electron chi connectivity index (χ0n) is 14.7. The van der Waals surface area contributed by atoms with Gasteiger partial charge in [0.05, 0.1) is 19.8 Å². The summed E-state index contributed by atoms with van der Waals surface area (Å²) in [6.45, 7) is 4.57. The van der Waals surface area contributed by atoms with E-state index < -0.39 is 23.6 Å². The highest BCUT2D eigenvalue weighted by atomic mass is 16.6. The molecule has 2 rings (SSSR count). The molecule has 0 aliphatic carbocycles. The van der Waals surface area contributed by atoms with Crippen molar-refractivity contribution in [3.63, 3.8) is 0 Å². The highest BCUT2D eigenvalue weighted by Gasteiger charge is 2.33. The van der Waals surface area contributed by atoms with E-state index in [1.165, 1.54) is 33.3 Å². The summed E-state index contributed by atoms with van der Waals surface area (Å²) >= 11 is 0. The van der Waals surface area contributed by atoms with E-state index in [1.54, 1.807) is 19.9 Å². The molecule has 0 aliphatic rings. The summed E-state index contributed by atoms with van der Waals surface area (Å²) in [7, 11) is 2.83. The quantitative estimate of drug-likeness (QED) is 0.585. The van der Waals surface area contributed by atoms with Gasteiger partial charge in [0, 0.05) is 24.3 Å². The van der Waals surface area contributed by atoms with Gasteiger partial charge in [-0.1, -0.05) is 13.8 Å². The molecule has 0 fully saturated rings. The molecule has 25 heavy (non-hydrogen) atoms. The highest BCUT2D eigenvalue weighted by Crippen LogP contribution is 2.42. The van der Waals surface area contributed by atoms with Crippen molar-refractivity contribution in [1.82, 2.24) is 0 Å². The summed E-state index contributed by atoms with van der Waals surface area (Å²) in [5, 5.41) is 0.515. The standard InChI is InChI=1S/C18H20O7/c1-9(2)15(21)18(24-10(3)19)14-16-11(6-7-13(20)25-16)8-12(22-4)17(14)23-5/h6-9,18H,1-5H3/t18-/m1/s1. The van der Waals surface area contributed by atoms with E-state index in [9.17, 15) is 14.4 Å². The van der Waals surface area contributed by atoms with Crippen molar-refractivity contribution in [2.24, 2.45) is 5.92 Å². The summed E-state index contributed by atoms with van der Waals surface area (Å²) in [6, 6.07) is 4.41. The second-order valence-electron chi connectivity index (χ2n) is 5.75.